The Morgan fingerprint density at radius 1 is 1.33 bits per heavy atom. The minimum Gasteiger partial charge on any atom is -0.324 e. The summed E-state index contributed by atoms with van der Waals surface area (Å²) in [5, 5.41) is 0. The third-order valence-electron chi connectivity index (χ3n) is 3.85. The molecule has 0 spiro atoms. The molecule has 1 fully saturated rings. The normalized spacial score (nSPS) is 22.2. The molecule has 21 heavy (non-hydrogen) atoms. The number of benzene rings is 1. The van der Waals surface area contributed by atoms with E-state index in [1.54, 1.807) is 0 Å². The lowest BCUT2D eigenvalue weighted by atomic mass is 9.90. The maximum absolute atomic E-state index is 13.2. The van der Waals surface area contributed by atoms with E-state index in [1.165, 1.54) is 22.7 Å². The Hall–Kier alpha value is -1.05. The lowest BCUT2D eigenvalue weighted by Crippen LogP contribution is -2.40. The van der Waals surface area contributed by atoms with Crippen LogP contribution in [0.25, 0.3) is 0 Å². The van der Waals surface area contributed by atoms with Gasteiger partial charge < -0.3 is 5.73 Å². The van der Waals surface area contributed by atoms with Crippen LogP contribution in [0.15, 0.2) is 18.2 Å². The highest BCUT2D eigenvalue weighted by atomic mass is 32.2. The number of hydrogen-bond acceptors (Lipinski definition) is 3. The first-order chi connectivity index (χ1) is 9.75. The van der Waals surface area contributed by atoms with E-state index in [9.17, 15) is 17.2 Å². The maximum atomic E-state index is 13.2. The van der Waals surface area contributed by atoms with Gasteiger partial charge in [0.1, 0.15) is 11.6 Å². The first kappa shape index (κ1) is 16.3. The van der Waals surface area contributed by atoms with Crippen LogP contribution in [0.1, 0.15) is 30.9 Å². The van der Waals surface area contributed by atoms with E-state index in [0.717, 1.165) is 18.9 Å². The van der Waals surface area contributed by atoms with Crippen LogP contribution in [0.4, 0.5) is 8.78 Å². The molecule has 2 atom stereocenters. The monoisotopic (exact) mass is 318 g/mol. The Balaban J connectivity index is 2.03. The van der Waals surface area contributed by atoms with Crippen LogP contribution in [0.5, 0.6) is 0 Å². The van der Waals surface area contributed by atoms with Crippen LogP contribution in [-0.2, 0) is 10.0 Å². The average molecular weight is 318 g/mol. The predicted molar refractivity (Wildman–Crippen MR) is 77.0 cm³/mol. The van der Waals surface area contributed by atoms with Crippen molar-refractivity contribution < 1.29 is 17.2 Å². The minimum atomic E-state index is -3.20. The number of nitrogens with two attached hydrogens (primary N) is 1. The van der Waals surface area contributed by atoms with Gasteiger partial charge in [-0.15, -0.1) is 0 Å². The number of halogens is 2. The summed E-state index contributed by atoms with van der Waals surface area (Å²) >= 11 is 0. The van der Waals surface area contributed by atoms with E-state index in [1.807, 2.05) is 0 Å². The largest absolute Gasteiger partial charge is 0.324 e. The van der Waals surface area contributed by atoms with Gasteiger partial charge >= 0.3 is 0 Å². The lowest BCUT2D eigenvalue weighted by molar-refractivity contribution is 0.247. The van der Waals surface area contributed by atoms with Gasteiger partial charge in [0, 0.05) is 25.2 Å². The summed E-state index contributed by atoms with van der Waals surface area (Å²) < 4.78 is 51.0. The molecule has 2 unspecified atom stereocenters. The molecule has 0 aliphatic carbocycles. The fourth-order valence-corrected chi connectivity index (χ4v) is 3.75. The summed E-state index contributed by atoms with van der Waals surface area (Å²) in [5.74, 6) is -1.20. The number of rotatable bonds is 4. The maximum Gasteiger partial charge on any atom is 0.211 e. The van der Waals surface area contributed by atoms with Crippen molar-refractivity contribution >= 4 is 10.0 Å². The molecule has 1 aliphatic heterocycles. The third kappa shape index (κ3) is 4.46. The second-order valence-corrected chi connectivity index (χ2v) is 7.66. The first-order valence-corrected chi connectivity index (χ1v) is 8.77. The van der Waals surface area contributed by atoms with Gasteiger partial charge in [-0.05, 0) is 42.9 Å². The van der Waals surface area contributed by atoms with Crippen molar-refractivity contribution in [2.45, 2.75) is 25.3 Å². The Morgan fingerprint density at radius 2 is 1.95 bits per heavy atom. The summed E-state index contributed by atoms with van der Waals surface area (Å²) in [4.78, 5) is 0. The van der Waals surface area contributed by atoms with Crippen molar-refractivity contribution in [3.05, 3.63) is 35.4 Å². The van der Waals surface area contributed by atoms with Crippen molar-refractivity contribution in [1.82, 2.24) is 4.31 Å². The first-order valence-electron chi connectivity index (χ1n) is 6.92. The zero-order chi connectivity index (χ0) is 15.6. The molecule has 7 heteroatoms. The van der Waals surface area contributed by atoms with Crippen LogP contribution in [0.2, 0.25) is 0 Å². The molecule has 2 rings (SSSR count). The van der Waals surface area contributed by atoms with Gasteiger partial charge in [-0.25, -0.2) is 21.5 Å². The molecular formula is C14H20F2N2O2S. The quantitative estimate of drug-likeness (QED) is 0.924. The Morgan fingerprint density at radius 3 is 2.52 bits per heavy atom. The molecule has 1 heterocycles. The Bertz CT molecular complexity index is 587. The zero-order valence-electron chi connectivity index (χ0n) is 11.9. The summed E-state index contributed by atoms with van der Waals surface area (Å²) in [6.45, 7) is 0.948. The van der Waals surface area contributed by atoms with Crippen LogP contribution >= 0.6 is 0 Å². The summed E-state index contributed by atoms with van der Waals surface area (Å²) in [5.41, 5.74) is 6.42. The number of nitrogens with zero attached hydrogens (tertiary/aromatic N) is 1. The fourth-order valence-electron chi connectivity index (χ4n) is 2.80. The Kier molecular flexibility index (Phi) is 4.95. The molecule has 0 radical (unpaired) electrons. The van der Waals surface area contributed by atoms with Gasteiger partial charge in [0.2, 0.25) is 10.0 Å². The van der Waals surface area contributed by atoms with E-state index in [2.05, 4.69) is 0 Å². The molecule has 4 nitrogen and oxygen atoms in total. The molecule has 118 valence electrons. The van der Waals surface area contributed by atoms with Crippen LogP contribution in [0, 0.1) is 17.6 Å². The second kappa shape index (κ2) is 6.37. The molecule has 1 aromatic carbocycles. The van der Waals surface area contributed by atoms with Crippen molar-refractivity contribution in [3.8, 4) is 0 Å². The number of piperidine rings is 1. The molecule has 1 aromatic rings. The molecule has 1 aliphatic rings. The molecule has 2 N–H and O–H groups in total. The van der Waals surface area contributed by atoms with Gasteiger partial charge in [-0.2, -0.15) is 0 Å². The molecule has 0 amide bonds. The smallest absolute Gasteiger partial charge is 0.211 e. The van der Waals surface area contributed by atoms with Crippen molar-refractivity contribution in [2.75, 3.05) is 19.3 Å². The molecule has 0 bridgehead atoms. The molecule has 1 saturated heterocycles. The van der Waals surface area contributed by atoms with E-state index in [0.29, 0.717) is 25.1 Å². The average Bonchev–Trinajstić information content (AvgIpc) is 2.37. The van der Waals surface area contributed by atoms with Crippen LogP contribution < -0.4 is 5.73 Å². The highest BCUT2D eigenvalue weighted by Gasteiger charge is 2.27. The van der Waals surface area contributed by atoms with Crippen molar-refractivity contribution in [1.29, 1.82) is 0 Å². The SMILES string of the molecule is CS(=O)(=O)N1CCCC(CC(N)c2cc(F)cc(F)c2)C1. The van der Waals surface area contributed by atoms with Crippen molar-refractivity contribution in [3.63, 3.8) is 0 Å². The molecule has 0 saturated carbocycles. The number of sulfonamides is 1. The summed E-state index contributed by atoms with van der Waals surface area (Å²) in [6, 6.07) is 2.76. The van der Waals surface area contributed by atoms with Gasteiger partial charge in [-0.1, -0.05) is 0 Å². The molecular weight excluding hydrogens is 298 g/mol. The van der Waals surface area contributed by atoms with Gasteiger partial charge in [-0.3, -0.25) is 0 Å². The minimum absolute atomic E-state index is 0.106. The van der Waals surface area contributed by atoms with Gasteiger partial charge in [0.05, 0.1) is 6.26 Å². The van der Waals surface area contributed by atoms with Crippen LogP contribution in [0.3, 0.4) is 0 Å². The second-order valence-electron chi connectivity index (χ2n) is 5.67. The Labute approximate surface area is 124 Å². The fraction of sp³-hybridized carbons (Fsp3) is 0.571. The van der Waals surface area contributed by atoms with Gasteiger partial charge in [0.15, 0.2) is 0 Å². The summed E-state index contributed by atoms with van der Waals surface area (Å²) in [6.07, 6.45) is 3.35. The van der Waals surface area contributed by atoms with E-state index < -0.39 is 27.7 Å². The van der Waals surface area contributed by atoms with E-state index >= 15 is 0 Å². The van der Waals surface area contributed by atoms with Gasteiger partial charge in [0.25, 0.3) is 0 Å². The standard InChI is InChI=1S/C14H20F2N2O2S/c1-21(19,20)18-4-2-3-10(9-18)5-14(17)11-6-12(15)8-13(16)7-11/h6-8,10,14H,2-5,9,17H2,1H3. The highest BCUT2D eigenvalue weighted by Crippen LogP contribution is 2.27. The highest BCUT2D eigenvalue weighted by molar-refractivity contribution is 7.88. The molecule has 0 aromatic heterocycles. The predicted octanol–water partition coefficient (Wildman–Crippen LogP) is 2.03. The number of hydrogen-bond donors (Lipinski definition) is 1. The van der Waals surface area contributed by atoms with E-state index in [-0.39, 0.29) is 5.92 Å². The third-order valence-corrected chi connectivity index (χ3v) is 5.12. The lowest BCUT2D eigenvalue weighted by Gasteiger charge is -2.32. The topological polar surface area (TPSA) is 63.4 Å². The van der Waals surface area contributed by atoms with Crippen molar-refractivity contribution in [2.24, 2.45) is 11.7 Å². The van der Waals surface area contributed by atoms with Crippen LogP contribution in [-0.4, -0.2) is 32.1 Å². The van der Waals surface area contributed by atoms with E-state index in [4.69, 9.17) is 5.73 Å². The zero-order valence-corrected chi connectivity index (χ0v) is 12.7. The summed E-state index contributed by atoms with van der Waals surface area (Å²) in [7, 11) is -3.20.